The van der Waals surface area contributed by atoms with Crippen LogP contribution in [-0.4, -0.2) is 26.5 Å². The van der Waals surface area contributed by atoms with Crippen LogP contribution in [0.5, 0.6) is 0 Å². The highest BCUT2D eigenvalue weighted by Gasteiger charge is 2.23. The van der Waals surface area contributed by atoms with Gasteiger partial charge >= 0.3 is 5.97 Å². The number of benzene rings is 4. The zero-order chi connectivity index (χ0) is 26.2. The number of aromatic nitrogens is 2. The van der Waals surface area contributed by atoms with E-state index in [2.05, 4.69) is 9.88 Å². The zero-order valence-electron chi connectivity index (χ0n) is 20.9. The molecule has 0 saturated heterocycles. The summed E-state index contributed by atoms with van der Waals surface area (Å²) < 4.78 is 2.24. The Kier molecular flexibility index (Phi) is 6.04. The number of rotatable bonds is 5. The number of carboxylic acids is 1. The zero-order valence-corrected chi connectivity index (χ0v) is 20.9. The SMILES string of the molecule is Nc1ccc(NC(=O)c2cccc(-c3nc4cc(C(=O)O)ccc4n3C3CCCCC3)c2)c2ccccc12. The van der Waals surface area contributed by atoms with Gasteiger partial charge < -0.3 is 20.7 Å². The smallest absolute Gasteiger partial charge is 0.335 e. The van der Waals surface area contributed by atoms with Crippen molar-refractivity contribution < 1.29 is 14.7 Å². The molecule has 5 aromatic rings. The highest BCUT2D eigenvalue weighted by atomic mass is 16.4. The maximum atomic E-state index is 13.4. The third-order valence-corrected chi connectivity index (χ3v) is 7.47. The largest absolute Gasteiger partial charge is 0.478 e. The van der Waals surface area contributed by atoms with Crippen molar-refractivity contribution in [2.45, 2.75) is 38.1 Å². The molecule has 0 unspecified atom stereocenters. The summed E-state index contributed by atoms with van der Waals surface area (Å²) >= 11 is 0. The van der Waals surface area contributed by atoms with Crippen LogP contribution in [0.2, 0.25) is 0 Å². The predicted octanol–water partition coefficient (Wildman–Crippen LogP) is 6.89. The fourth-order valence-electron chi connectivity index (χ4n) is 5.57. The van der Waals surface area contributed by atoms with Gasteiger partial charge in [-0.15, -0.1) is 0 Å². The molecule has 1 aliphatic rings. The van der Waals surface area contributed by atoms with Crippen LogP contribution in [0.25, 0.3) is 33.2 Å². The van der Waals surface area contributed by atoms with Crippen LogP contribution >= 0.6 is 0 Å². The van der Waals surface area contributed by atoms with Gasteiger partial charge in [0.05, 0.1) is 16.6 Å². The van der Waals surface area contributed by atoms with E-state index in [4.69, 9.17) is 10.7 Å². The van der Waals surface area contributed by atoms with Crippen LogP contribution in [0, 0.1) is 0 Å². The van der Waals surface area contributed by atoms with E-state index >= 15 is 0 Å². The maximum Gasteiger partial charge on any atom is 0.335 e. The van der Waals surface area contributed by atoms with Crippen LogP contribution in [-0.2, 0) is 0 Å². The number of fused-ring (bicyclic) bond motifs is 2. The van der Waals surface area contributed by atoms with Crippen molar-refractivity contribution in [3.63, 3.8) is 0 Å². The van der Waals surface area contributed by atoms with E-state index in [0.29, 0.717) is 22.5 Å². The van der Waals surface area contributed by atoms with Crippen LogP contribution in [0.1, 0.15) is 58.9 Å². The summed E-state index contributed by atoms with van der Waals surface area (Å²) in [6.45, 7) is 0. The molecule has 1 fully saturated rings. The molecule has 0 atom stereocenters. The van der Waals surface area contributed by atoms with Crippen molar-refractivity contribution in [3.8, 4) is 11.4 Å². The van der Waals surface area contributed by atoms with Gasteiger partial charge in [0.1, 0.15) is 5.82 Å². The molecular formula is C31H28N4O3. The molecule has 4 N–H and O–H groups in total. The summed E-state index contributed by atoms with van der Waals surface area (Å²) in [6.07, 6.45) is 5.61. The second-order valence-electron chi connectivity index (χ2n) is 9.89. The molecule has 1 aliphatic carbocycles. The molecule has 1 saturated carbocycles. The van der Waals surface area contributed by atoms with Crippen LogP contribution in [0.15, 0.2) is 78.9 Å². The van der Waals surface area contributed by atoms with Crippen molar-refractivity contribution >= 4 is 45.1 Å². The van der Waals surface area contributed by atoms with Gasteiger partial charge in [-0.3, -0.25) is 4.79 Å². The molecular weight excluding hydrogens is 476 g/mol. The van der Waals surface area contributed by atoms with Crippen molar-refractivity contribution in [3.05, 3.63) is 90.0 Å². The lowest BCUT2D eigenvalue weighted by Gasteiger charge is -2.25. The molecule has 1 heterocycles. The fraction of sp³-hybridized carbons (Fsp3) is 0.194. The van der Waals surface area contributed by atoms with E-state index in [0.717, 1.165) is 53.4 Å². The number of carboxylic acid groups (broad SMARTS) is 1. The molecule has 1 aromatic heterocycles. The number of nitrogens with two attached hydrogens (primary N) is 1. The third-order valence-electron chi connectivity index (χ3n) is 7.47. The normalized spacial score (nSPS) is 14.1. The second kappa shape index (κ2) is 9.67. The van der Waals surface area contributed by atoms with Gasteiger partial charge in [-0.25, -0.2) is 9.78 Å². The van der Waals surface area contributed by atoms with Crippen LogP contribution < -0.4 is 11.1 Å². The summed E-state index contributed by atoms with van der Waals surface area (Å²) in [7, 11) is 0. The molecule has 0 radical (unpaired) electrons. The number of anilines is 2. The average molecular weight is 505 g/mol. The molecule has 190 valence electrons. The monoisotopic (exact) mass is 504 g/mol. The number of carbonyl (C=O) groups is 2. The van der Waals surface area contributed by atoms with E-state index in [9.17, 15) is 14.7 Å². The molecule has 0 bridgehead atoms. The van der Waals surface area contributed by atoms with Gasteiger partial charge in [0.25, 0.3) is 5.91 Å². The first-order valence-electron chi connectivity index (χ1n) is 12.9. The molecule has 0 aliphatic heterocycles. The second-order valence-corrected chi connectivity index (χ2v) is 9.89. The number of hydrogen-bond donors (Lipinski definition) is 3. The summed E-state index contributed by atoms with van der Waals surface area (Å²) in [4.78, 5) is 29.9. The Balaban J connectivity index is 1.40. The lowest BCUT2D eigenvalue weighted by molar-refractivity contribution is 0.0696. The molecule has 6 rings (SSSR count). The fourth-order valence-corrected chi connectivity index (χ4v) is 5.57. The predicted molar refractivity (Wildman–Crippen MR) is 151 cm³/mol. The Hall–Kier alpha value is -4.65. The molecule has 1 amide bonds. The number of carbonyl (C=O) groups excluding carboxylic acids is 1. The topological polar surface area (TPSA) is 110 Å². The Morgan fingerprint density at radius 2 is 1.66 bits per heavy atom. The van der Waals surface area contributed by atoms with Crippen molar-refractivity contribution in [2.24, 2.45) is 0 Å². The number of amides is 1. The molecule has 4 aromatic carbocycles. The molecule has 7 heteroatoms. The minimum absolute atomic E-state index is 0.209. The molecule has 7 nitrogen and oxygen atoms in total. The maximum absolute atomic E-state index is 13.4. The van der Waals surface area contributed by atoms with Gasteiger partial charge in [-0.05, 0) is 55.3 Å². The van der Waals surface area contributed by atoms with Gasteiger partial charge in [-0.1, -0.05) is 55.7 Å². The van der Waals surface area contributed by atoms with E-state index in [1.807, 2.05) is 54.6 Å². The summed E-state index contributed by atoms with van der Waals surface area (Å²) in [5.41, 5.74) is 10.6. The average Bonchev–Trinajstić information content (AvgIpc) is 3.34. The number of nitrogen functional groups attached to an aromatic ring is 1. The van der Waals surface area contributed by atoms with Crippen molar-refractivity contribution in [1.29, 1.82) is 0 Å². The standard InChI is InChI=1S/C31H28N4O3/c32-25-14-15-26(24-12-5-4-11-23(24)25)34-30(36)20-8-6-7-19(17-20)29-33-27-18-21(31(37)38)13-16-28(27)35(29)22-9-2-1-3-10-22/h4-8,11-18,22H,1-3,9-10,32H2,(H,34,36)(H,37,38). The van der Waals surface area contributed by atoms with Gasteiger partial charge in [0.2, 0.25) is 0 Å². The third kappa shape index (κ3) is 4.26. The minimum atomic E-state index is -0.977. The number of nitrogens with zero attached hydrogens (tertiary/aromatic N) is 2. The van der Waals surface area contributed by atoms with Crippen molar-refractivity contribution in [2.75, 3.05) is 11.1 Å². The Labute approximate surface area is 219 Å². The van der Waals surface area contributed by atoms with Gasteiger partial charge in [0.15, 0.2) is 0 Å². The first-order valence-corrected chi connectivity index (χ1v) is 12.9. The Bertz CT molecular complexity index is 1700. The Morgan fingerprint density at radius 3 is 2.45 bits per heavy atom. The van der Waals surface area contributed by atoms with Crippen LogP contribution in [0.3, 0.4) is 0 Å². The van der Waals surface area contributed by atoms with Gasteiger partial charge in [0, 0.05) is 39.3 Å². The lowest BCUT2D eigenvalue weighted by atomic mass is 9.94. The van der Waals surface area contributed by atoms with E-state index in [-0.39, 0.29) is 17.5 Å². The summed E-state index contributed by atoms with van der Waals surface area (Å²) in [5.74, 6) is -0.452. The number of imidazole rings is 1. The highest BCUT2D eigenvalue weighted by molar-refractivity contribution is 6.11. The highest BCUT2D eigenvalue weighted by Crippen LogP contribution is 2.36. The van der Waals surface area contributed by atoms with Crippen LogP contribution in [0.4, 0.5) is 11.4 Å². The quantitative estimate of drug-likeness (QED) is 0.226. The van der Waals surface area contributed by atoms with Crippen molar-refractivity contribution in [1.82, 2.24) is 9.55 Å². The number of aromatic carboxylic acids is 1. The van der Waals surface area contributed by atoms with E-state index < -0.39 is 5.97 Å². The summed E-state index contributed by atoms with van der Waals surface area (Å²) in [6, 6.07) is 24.2. The van der Waals surface area contributed by atoms with Gasteiger partial charge in [-0.2, -0.15) is 0 Å². The van der Waals surface area contributed by atoms with E-state index in [1.165, 1.54) is 6.42 Å². The molecule has 0 spiro atoms. The number of nitrogens with one attached hydrogen (secondary N) is 1. The number of hydrogen-bond acceptors (Lipinski definition) is 4. The lowest BCUT2D eigenvalue weighted by Crippen LogP contribution is -2.15. The molecule has 38 heavy (non-hydrogen) atoms. The van der Waals surface area contributed by atoms with E-state index in [1.54, 1.807) is 24.3 Å². The summed E-state index contributed by atoms with van der Waals surface area (Å²) in [5, 5.41) is 14.3. The first-order chi connectivity index (χ1) is 18.5. The first kappa shape index (κ1) is 23.7. The minimum Gasteiger partial charge on any atom is -0.478 e. The Morgan fingerprint density at radius 1 is 0.868 bits per heavy atom.